The van der Waals surface area contributed by atoms with Crippen molar-refractivity contribution < 1.29 is 9.13 Å². The lowest BCUT2D eigenvalue weighted by Crippen LogP contribution is -1.97. The molecule has 2 rings (SSSR count). The molecule has 2 aromatic rings. The number of halogens is 3. The molecule has 5 heteroatoms. The summed E-state index contributed by atoms with van der Waals surface area (Å²) in [5, 5.41) is 0.577. The summed E-state index contributed by atoms with van der Waals surface area (Å²) in [6.07, 6.45) is 0. The van der Waals surface area contributed by atoms with Crippen LogP contribution >= 0.6 is 27.5 Å². The van der Waals surface area contributed by atoms with Crippen molar-refractivity contribution >= 4 is 27.5 Å². The summed E-state index contributed by atoms with van der Waals surface area (Å²) in [5.74, 6) is 0.203. The SMILES string of the molecule is NCc1ccc(Oc2ccc(Cl)cc2Br)c(F)c1. The van der Waals surface area contributed by atoms with Crippen LogP contribution < -0.4 is 10.5 Å². The zero-order valence-corrected chi connectivity index (χ0v) is 11.6. The van der Waals surface area contributed by atoms with Crippen LogP contribution in [0.25, 0.3) is 0 Å². The van der Waals surface area contributed by atoms with Gasteiger partial charge in [0.15, 0.2) is 11.6 Å². The van der Waals surface area contributed by atoms with Gasteiger partial charge in [-0.3, -0.25) is 0 Å². The summed E-state index contributed by atoms with van der Waals surface area (Å²) in [4.78, 5) is 0. The molecule has 0 saturated heterocycles. The quantitative estimate of drug-likeness (QED) is 0.899. The Morgan fingerprint density at radius 3 is 2.50 bits per heavy atom. The number of rotatable bonds is 3. The first-order valence-corrected chi connectivity index (χ1v) is 6.38. The van der Waals surface area contributed by atoms with Crippen molar-refractivity contribution in [1.29, 1.82) is 0 Å². The van der Waals surface area contributed by atoms with Gasteiger partial charge in [-0.05, 0) is 51.8 Å². The van der Waals surface area contributed by atoms with E-state index in [2.05, 4.69) is 15.9 Å². The maximum absolute atomic E-state index is 13.7. The molecule has 2 aromatic carbocycles. The van der Waals surface area contributed by atoms with Crippen LogP contribution in [0.3, 0.4) is 0 Å². The van der Waals surface area contributed by atoms with E-state index in [1.54, 1.807) is 30.3 Å². The summed E-state index contributed by atoms with van der Waals surface area (Å²) in [6, 6.07) is 9.67. The van der Waals surface area contributed by atoms with Gasteiger partial charge in [0.1, 0.15) is 5.75 Å². The molecule has 0 spiro atoms. The van der Waals surface area contributed by atoms with Gasteiger partial charge in [-0.15, -0.1) is 0 Å². The minimum absolute atomic E-state index is 0.148. The summed E-state index contributed by atoms with van der Waals surface area (Å²) < 4.78 is 19.8. The minimum Gasteiger partial charge on any atom is -0.453 e. The van der Waals surface area contributed by atoms with Gasteiger partial charge >= 0.3 is 0 Å². The Morgan fingerprint density at radius 1 is 1.17 bits per heavy atom. The summed E-state index contributed by atoms with van der Waals surface area (Å²) >= 11 is 9.12. The fourth-order valence-electron chi connectivity index (χ4n) is 1.43. The Hall–Kier alpha value is -1.10. The first-order chi connectivity index (χ1) is 8.60. The summed E-state index contributed by atoms with van der Waals surface area (Å²) in [6.45, 7) is 0.293. The van der Waals surface area contributed by atoms with Crippen LogP contribution in [-0.2, 0) is 6.54 Å². The van der Waals surface area contributed by atoms with Crippen molar-refractivity contribution in [1.82, 2.24) is 0 Å². The first kappa shape index (κ1) is 13.3. The van der Waals surface area contributed by atoms with Crippen LogP contribution in [-0.4, -0.2) is 0 Å². The Balaban J connectivity index is 2.28. The van der Waals surface area contributed by atoms with E-state index in [0.717, 1.165) is 5.56 Å². The largest absolute Gasteiger partial charge is 0.453 e. The van der Waals surface area contributed by atoms with Crippen molar-refractivity contribution in [2.45, 2.75) is 6.54 Å². The molecule has 2 nitrogen and oxygen atoms in total. The third-order valence-electron chi connectivity index (χ3n) is 2.35. The topological polar surface area (TPSA) is 35.2 Å². The van der Waals surface area contributed by atoms with Crippen molar-refractivity contribution in [3.05, 3.63) is 57.3 Å². The predicted molar refractivity (Wildman–Crippen MR) is 73.5 cm³/mol. The second kappa shape index (κ2) is 5.69. The molecule has 0 aliphatic rings. The highest BCUT2D eigenvalue weighted by Gasteiger charge is 2.08. The van der Waals surface area contributed by atoms with E-state index < -0.39 is 5.82 Å². The highest BCUT2D eigenvalue weighted by atomic mass is 79.9. The fraction of sp³-hybridized carbons (Fsp3) is 0.0769. The van der Waals surface area contributed by atoms with Gasteiger partial charge in [0.05, 0.1) is 4.47 Å². The fourth-order valence-corrected chi connectivity index (χ4v) is 2.19. The average Bonchev–Trinajstić information content (AvgIpc) is 2.34. The Labute approximate surface area is 118 Å². The standard InChI is InChI=1S/C13H10BrClFNO/c14-10-6-9(15)2-4-12(10)18-13-3-1-8(7-17)5-11(13)16/h1-6H,7,17H2. The number of ether oxygens (including phenoxy) is 1. The third kappa shape index (κ3) is 3.02. The van der Waals surface area contributed by atoms with Gasteiger partial charge < -0.3 is 10.5 Å². The van der Waals surface area contributed by atoms with Crippen LogP contribution in [0.2, 0.25) is 5.02 Å². The molecular formula is C13H10BrClFNO. The van der Waals surface area contributed by atoms with Crippen molar-refractivity contribution in [2.24, 2.45) is 5.73 Å². The van der Waals surface area contributed by atoms with Crippen LogP contribution in [0.4, 0.5) is 4.39 Å². The highest BCUT2D eigenvalue weighted by molar-refractivity contribution is 9.10. The Bertz CT molecular complexity index is 577. The lowest BCUT2D eigenvalue weighted by atomic mass is 10.2. The van der Waals surface area contributed by atoms with E-state index in [1.165, 1.54) is 6.07 Å². The molecule has 0 aromatic heterocycles. The van der Waals surface area contributed by atoms with Gasteiger partial charge in [-0.2, -0.15) is 0 Å². The van der Waals surface area contributed by atoms with Crippen LogP contribution in [0.1, 0.15) is 5.56 Å². The van der Waals surface area contributed by atoms with Gasteiger partial charge in [-0.1, -0.05) is 17.7 Å². The van der Waals surface area contributed by atoms with Gasteiger partial charge in [0, 0.05) is 11.6 Å². The molecular weight excluding hydrogens is 321 g/mol. The van der Waals surface area contributed by atoms with Crippen molar-refractivity contribution in [3.8, 4) is 11.5 Å². The van der Waals surface area contributed by atoms with Crippen LogP contribution in [0, 0.1) is 5.82 Å². The number of hydrogen-bond donors (Lipinski definition) is 1. The molecule has 0 amide bonds. The summed E-state index contributed by atoms with van der Waals surface area (Å²) in [5.41, 5.74) is 6.15. The van der Waals surface area contributed by atoms with E-state index in [1.807, 2.05) is 0 Å². The zero-order chi connectivity index (χ0) is 13.1. The molecule has 94 valence electrons. The van der Waals surface area contributed by atoms with Gasteiger partial charge in [0.2, 0.25) is 0 Å². The molecule has 0 fully saturated rings. The smallest absolute Gasteiger partial charge is 0.166 e. The lowest BCUT2D eigenvalue weighted by Gasteiger charge is -2.09. The third-order valence-corrected chi connectivity index (χ3v) is 3.20. The van der Waals surface area contributed by atoms with E-state index in [-0.39, 0.29) is 5.75 Å². The number of nitrogens with two attached hydrogens (primary N) is 1. The number of benzene rings is 2. The zero-order valence-electron chi connectivity index (χ0n) is 9.29. The molecule has 0 heterocycles. The second-order valence-electron chi connectivity index (χ2n) is 3.65. The van der Waals surface area contributed by atoms with Crippen LogP contribution in [0.5, 0.6) is 11.5 Å². The minimum atomic E-state index is -0.445. The molecule has 2 N–H and O–H groups in total. The van der Waals surface area contributed by atoms with E-state index in [0.29, 0.717) is 21.8 Å². The molecule has 0 aliphatic heterocycles. The van der Waals surface area contributed by atoms with Gasteiger partial charge in [0.25, 0.3) is 0 Å². The van der Waals surface area contributed by atoms with E-state index >= 15 is 0 Å². The molecule has 0 bridgehead atoms. The molecule has 18 heavy (non-hydrogen) atoms. The maximum atomic E-state index is 13.7. The monoisotopic (exact) mass is 329 g/mol. The Kier molecular flexibility index (Phi) is 4.22. The average molecular weight is 331 g/mol. The van der Waals surface area contributed by atoms with Crippen molar-refractivity contribution in [3.63, 3.8) is 0 Å². The molecule has 0 saturated carbocycles. The highest BCUT2D eigenvalue weighted by Crippen LogP contribution is 2.33. The van der Waals surface area contributed by atoms with Crippen LogP contribution in [0.15, 0.2) is 40.9 Å². The predicted octanol–water partition coefficient (Wildman–Crippen LogP) is 4.49. The molecule has 0 radical (unpaired) electrons. The van der Waals surface area contributed by atoms with E-state index in [4.69, 9.17) is 22.1 Å². The van der Waals surface area contributed by atoms with Gasteiger partial charge in [-0.25, -0.2) is 4.39 Å². The first-order valence-electron chi connectivity index (χ1n) is 5.21. The molecule has 0 atom stereocenters. The lowest BCUT2D eigenvalue weighted by molar-refractivity contribution is 0.439. The maximum Gasteiger partial charge on any atom is 0.166 e. The normalized spacial score (nSPS) is 10.4. The van der Waals surface area contributed by atoms with Crippen molar-refractivity contribution in [2.75, 3.05) is 0 Å². The summed E-state index contributed by atoms with van der Waals surface area (Å²) in [7, 11) is 0. The molecule has 0 aliphatic carbocycles. The second-order valence-corrected chi connectivity index (χ2v) is 4.94. The van der Waals surface area contributed by atoms with E-state index in [9.17, 15) is 4.39 Å². The number of hydrogen-bond acceptors (Lipinski definition) is 2. The molecule has 0 unspecified atom stereocenters. The Morgan fingerprint density at radius 2 is 1.89 bits per heavy atom.